The zero-order chi connectivity index (χ0) is 20.4. The molecule has 28 heavy (non-hydrogen) atoms. The molecule has 0 spiro atoms. The number of rotatable bonds is 8. The minimum atomic E-state index is -0.0292. The molecule has 0 saturated carbocycles. The van der Waals surface area contributed by atoms with Gasteiger partial charge in [-0.05, 0) is 45.1 Å². The number of carbonyl (C=O) groups is 1. The van der Waals surface area contributed by atoms with Crippen molar-refractivity contribution in [3.63, 3.8) is 0 Å². The number of thioether (sulfide) groups is 1. The van der Waals surface area contributed by atoms with Crippen LogP contribution in [0.2, 0.25) is 0 Å². The summed E-state index contributed by atoms with van der Waals surface area (Å²) in [6, 6.07) is 7.77. The van der Waals surface area contributed by atoms with Gasteiger partial charge in [0.25, 0.3) is 5.91 Å². The Hall–Kier alpha value is -1.73. The Bertz CT molecular complexity index is 649. The second-order valence-corrected chi connectivity index (χ2v) is 8.69. The molecule has 0 radical (unpaired) electrons. The number of nitrogens with zero attached hydrogens (tertiary/aromatic N) is 3. The van der Waals surface area contributed by atoms with Crippen molar-refractivity contribution in [2.45, 2.75) is 32.1 Å². The first-order chi connectivity index (χ1) is 13.5. The SMILES string of the molecule is CCNC(=NCc1cccc(C(=O)NCCN(C)C)c1)N1CCSC(CC)C1. The smallest absolute Gasteiger partial charge is 0.251 e. The van der Waals surface area contributed by atoms with Crippen LogP contribution in [0, 0.1) is 0 Å². The number of likely N-dealkylation sites (N-methyl/N-ethyl adjacent to an activating group) is 1. The van der Waals surface area contributed by atoms with Crippen molar-refractivity contribution in [2.75, 3.05) is 52.6 Å². The third kappa shape index (κ3) is 7.36. The van der Waals surface area contributed by atoms with E-state index in [1.165, 1.54) is 6.42 Å². The lowest BCUT2D eigenvalue weighted by atomic mass is 10.1. The summed E-state index contributed by atoms with van der Waals surface area (Å²) < 4.78 is 0. The van der Waals surface area contributed by atoms with Gasteiger partial charge in [0.05, 0.1) is 6.54 Å². The molecule has 1 amide bonds. The first-order valence-electron chi connectivity index (χ1n) is 10.2. The predicted molar refractivity (Wildman–Crippen MR) is 120 cm³/mol. The quantitative estimate of drug-likeness (QED) is 0.513. The van der Waals surface area contributed by atoms with Crippen LogP contribution in [0.1, 0.15) is 36.2 Å². The van der Waals surface area contributed by atoms with E-state index in [0.717, 1.165) is 43.5 Å². The number of guanidine groups is 1. The molecule has 7 heteroatoms. The van der Waals surface area contributed by atoms with Crippen LogP contribution in [0.5, 0.6) is 0 Å². The van der Waals surface area contributed by atoms with Crippen molar-refractivity contribution in [2.24, 2.45) is 4.99 Å². The van der Waals surface area contributed by atoms with Gasteiger partial charge in [-0.3, -0.25) is 4.79 Å². The molecule has 0 aromatic heterocycles. The lowest BCUT2D eigenvalue weighted by molar-refractivity contribution is 0.0951. The van der Waals surface area contributed by atoms with Crippen molar-refractivity contribution in [3.8, 4) is 0 Å². The molecule has 1 heterocycles. The minimum absolute atomic E-state index is 0.0292. The number of benzene rings is 1. The van der Waals surface area contributed by atoms with E-state index >= 15 is 0 Å². The van der Waals surface area contributed by atoms with Crippen LogP contribution >= 0.6 is 11.8 Å². The van der Waals surface area contributed by atoms with Crippen LogP contribution in [0.25, 0.3) is 0 Å². The Morgan fingerprint density at radius 3 is 2.86 bits per heavy atom. The van der Waals surface area contributed by atoms with Gasteiger partial charge in [0.1, 0.15) is 0 Å². The maximum Gasteiger partial charge on any atom is 0.251 e. The van der Waals surface area contributed by atoms with Gasteiger partial charge < -0.3 is 20.4 Å². The summed E-state index contributed by atoms with van der Waals surface area (Å²) >= 11 is 2.06. The van der Waals surface area contributed by atoms with Gasteiger partial charge in [-0.2, -0.15) is 11.8 Å². The molecule has 2 rings (SSSR count). The number of carbonyl (C=O) groups excluding carboxylic acids is 1. The van der Waals surface area contributed by atoms with Crippen LogP contribution < -0.4 is 10.6 Å². The summed E-state index contributed by atoms with van der Waals surface area (Å²) in [4.78, 5) is 21.6. The molecule has 6 nitrogen and oxygen atoms in total. The molecule has 1 saturated heterocycles. The molecular weight excluding hydrogens is 370 g/mol. The predicted octanol–water partition coefficient (Wildman–Crippen LogP) is 2.27. The van der Waals surface area contributed by atoms with Crippen LogP contribution in [0.4, 0.5) is 0 Å². The highest BCUT2D eigenvalue weighted by Gasteiger charge is 2.21. The normalized spacial score (nSPS) is 17.7. The molecule has 1 unspecified atom stereocenters. The molecule has 0 aliphatic carbocycles. The zero-order valence-electron chi connectivity index (χ0n) is 17.7. The van der Waals surface area contributed by atoms with E-state index in [4.69, 9.17) is 4.99 Å². The van der Waals surface area contributed by atoms with Gasteiger partial charge in [0, 0.05) is 49.3 Å². The Balaban J connectivity index is 2.01. The third-order valence-electron chi connectivity index (χ3n) is 4.67. The average molecular weight is 406 g/mol. The Kier molecular flexibility index (Phi) is 9.64. The Morgan fingerprint density at radius 2 is 2.14 bits per heavy atom. The van der Waals surface area contributed by atoms with Crippen molar-refractivity contribution in [3.05, 3.63) is 35.4 Å². The molecule has 156 valence electrons. The van der Waals surface area contributed by atoms with Crippen LogP contribution in [0.3, 0.4) is 0 Å². The van der Waals surface area contributed by atoms with E-state index in [1.54, 1.807) is 0 Å². The largest absolute Gasteiger partial charge is 0.357 e. The van der Waals surface area contributed by atoms with E-state index in [1.807, 2.05) is 38.4 Å². The molecule has 1 aliphatic rings. The van der Waals surface area contributed by atoms with Gasteiger partial charge in [-0.25, -0.2) is 4.99 Å². The van der Waals surface area contributed by atoms with Gasteiger partial charge in [0.15, 0.2) is 5.96 Å². The Labute approximate surface area is 174 Å². The molecule has 1 aliphatic heterocycles. The van der Waals surface area contributed by atoms with Crippen molar-refractivity contribution in [1.29, 1.82) is 0 Å². The molecule has 1 atom stereocenters. The molecule has 0 bridgehead atoms. The molecule has 2 N–H and O–H groups in total. The van der Waals surface area contributed by atoms with E-state index in [0.29, 0.717) is 23.9 Å². The number of aliphatic imine (C=N–C) groups is 1. The fourth-order valence-corrected chi connectivity index (χ4v) is 4.24. The maximum absolute atomic E-state index is 12.3. The lowest BCUT2D eigenvalue weighted by Gasteiger charge is -2.34. The second kappa shape index (κ2) is 12.0. The molecule has 1 aromatic carbocycles. The monoisotopic (exact) mass is 405 g/mol. The fraction of sp³-hybridized carbons (Fsp3) is 0.619. The second-order valence-electron chi connectivity index (χ2n) is 7.28. The maximum atomic E-state index is 12.3. The first-order valence-corrected chi connectivity index (χ1v) is 11.2. The van der Waals surface area contributed by atoms with Crippen LogP contribution in [0.15, 0.2) is 29.3 Å². The summed E-state index contributed by atoms with van der Waals surface area (Å²) in [6.07, 6.45) is 1.19. The van der Waals surface area contributed by atoms with Crippen molar-refractivity contribution < 1.29 is 4.79 Å². The number of amides is 1. The highest BCUT2D eigenvalue weighted by Crippen LogP contribution is 2.21. The molecular formula is C21H35N5OS. The van der Waals surface area contributed by atoms with Gasteiger partial charge in [-0.1, -0.05) is 19.1 Å². The van der Waals surface area contributed by atoms with Crippen molar-refractivity contribution in [1.82, 2.24) is 20.4 Å². The van der Waals surface area contributed by atoms with Crippen LogP contribution in [-0.4, -0.2) is 79.5 Å². The third-order valence-corrected chi connectivity index (χ3v) is 6.05. The highest BCUT2D eigenvalue weighted by molar-refractivity contribution is 8.00. The van der Waals surface area contributed by atoms with E-state index < -0.39 is 0 Å². The van der Waals surface area contributed by atoms with Gasteiger partial charge >= 0.3 is 0 Å². The summed E-state index contributed by atoms with van der Waals surface area (Å²) in [5, 5.41) is 7.07. The van der Waals surface area contributed by atoms with Crippen molar-refractivity contribution >= 4 is 23.6 Å². The highest BCUT2D eigenvalue weighted by atomic mass is 32.2. The number of hydrogen-bond donors (Lipinski definition) is 2. The number of nitrogens with one attached hydrogen (secondary N) is 2. The van der Waals surface area contributed by atoms with Gasteiger partial charge in [0.2, 0.25) is 0 Å². The summed E-state index contributed by atoms with van der Waals surface area (Å²) in [5.41, 5.74) is 1.74. The van der Waals surface area contributed by atoms with E-state index in [9.17, 15) is 4.79 Å². The van der Waals surface area contributed by atoms with Gasteiger partial charge in [-0.15, -0.1) is 0 Å². The van der Waals surface area contributed by atoms with E-state index in [-0.39, 0.29) is 5.91 Å². The van der Waals surface area contributed by atoms with Crippen LogP contribution in [-0.2, 0) is 6.54 Å². The summed E-state index contributed by atoms with van der Waals surface area (Å²) in [6.45, 7) is 9.32. The summed E-state index contributed by atoms with van der Waals surface area (Å²) in [5.74, 6) is 2.09. The first kappa shape index (κ1) is 22.6. The Morgan fingerprint density at radius 1 is 1.32 bits per heavy atom. The minimum Gasteiger partial charge on any atom is -0.357 e. The topological polar surface area (TPSA) is 60.0 Å². The van der Waals surface area contributed by atoms with E-state index in [2.05, 4.69) is 46.0 Å². The fourth-order valence-electron chi connectivity index (χ4n) is 3.06. The summed E-state index contributed by atoms with van der Waals surface area (Å²) in [7, 11) is 3.99. The lowest BCUT2D eigenvalue weighted by Crippen LogP contribution is -2.48. The number of hydrogen-bond acceptors (Lipinski definition) is 4. The standard InChI is InChI=1S/C21H35N5OS/c1-5-19-16-26(12-13-28-19)21(22-6-2)24-15-17-8-7-9-18(14-17)20(27)23-10-11-25(3)4/h7-9,14,19H,5-6,10-13,15-16H2,1-4H3,(H,22,24)(H,23,27). The average Bonchev–Trinajstić information content (AvgIpc) is 2.71. The zero-order valence-corrected chi connectivity index (χ0v) is 18.5. The molecule has 1 fully saturated rings. The molecule has 1 aromatic rings.